The van der Waals surface area contributed by atoms with Crippen molar-refractivity contribution in [1.29, 1.82) is 0 Å². The molecule has 0 unspecified atom stereocenters. The van der Waals surface area contributed by atoms with Crippen LogP contribution in [-0.2, 0) is 17.6 Å². The summed E-state index contributed by atoms with van der Waals surface area (Å²) in [6.07, 6.45) is 2.26. The third-order valence-electron chi connectivity index (χ3n) is 5.33. The van der Waals surface area contributed by atoms with Crippen LogP contribution >= 0.6 is 0 Å². The topological polar surface area (TPSA) is 86.6 Å². The number of aliphatic carboxylic acids is 1. The van der Waals surface area contributed by atoms with Gasteiger partial charge in [-0.25, -0.2) is 9.97 Å². The second kappa shape index (κ2) is 7.41. The smallest absolute Gasteiger partial charge is 0.312 e. The highest BCUT2D eigenvalue weighted by molar-refractivity contribution is 5.76. The number of nitrogens with zero attached hydrogens (tertiary/aromatic N) is 3. The monoisotopic (exact) mass is 355 g/mol. The zero-order valence-electron chi connectivity index (χ0n) is 15.2. The van der Waals surface area contributed by atoms with E-state index in [4.69, 9.17) is 0 Å². The molecule has 6 heteroatoms. The largest absolute Gasteiger partial charge is 0.481 e. The van der Waals surface area contributed by atoms with Gasteiger partial charge in [-0.2, -0.15) is 0 Å². The van der Waals surface area contributed by atoms with Gasteiger partial charge in [-0.15, -0.1) is 0 Å². The van der Waals surface area contributed by atoms with Gasteiger partial charge in [0.05, 0.1) is 6.10 Å². The summed E-state index contributed by atoms with van der Waals surface area (Å²) in [5, 5.41) is 20.7. The molecule has 2 atom stereocenters. The number of benzene rings is 1. The van der Waals surface area contributed by atoms with Crippen molar-refractivity contribution < 1.29 is 15.0 Å². The van der Waals surface area contributed by atoms with Crippen molar-refractivity contribution in [2.45, 2.75) is 39.2 Å². The summed E-state index contributed by atoms with van der Waals surface area (Å²) in [4.78, 5) is 22.9. The molecule has 1 aromatic carbocycles. The Morgan fingerprint density at radius 1 is 1.35 bits per heavy atom. The van der Waals surface area contributed by atoms with Crippen LogP contribution in [0.15, 0.2) is 36.5 Å². The Bertz CT molecular complexity index is 781. The summed E-state index contributed by atoms with van der Waals surface area (Å²) in [6.45, 7) is 4.73. The summed E-state index contributed by atoms with van der Waals surface area (Å²) >= 11 is 0. The molecule has 1 saturated heterocycles. The fraction of sp³-hybridized carbons (Fsp3) is 0.450. The Labute approximate surface area is 153 Å². The quantitative estimate of drug-likeness (QED) is 0.855. The summed E-state index contributed by atoms with van der Waals surface area (Å²) in [5.74, 6) is -0.391. The van der Waals surface area contributed by atoms with Crippen LogP contribution in [0.1, 0.15) is 30.2 Å². The summed E-state index contributed by atoms with van der Waals surface area (Å²) in [7, 11) is 0. The van der Waals surface area contributed by atoms with E-state index in [1.807, 2.05) is 49.1 Å². The van der Waals surface area contributed by atoms with Crippen LogP contribution in [0.4, 0.5) is 5.95 Å². The first-order valence-electron chi connectivity index (χ1n) is 8.99. The number of aliphatic hydroxyl groups excluding tert-OH is 1. The number of aliphatic hydroxyl groups is 1. The SMILES string of the molecule is CCc1nc(N2CC[C@](Cc3ccccc3)(C(=O)O)[C@@H](O)C2)ncc1C. The van der Waals surface area contributed by atoms with Crippen molar-refractivity contribution in [3.63, 3.8) is 0 Å². The van der Waals surface area contributed by atoms with E-state index in [9.17, 15) is 15.0 Å². The summed E-state index contributed by atoms with van der Waals surface area (Å²) < 4.78 is 0. The van der Waals surface area contributed by atoms with Crippen LogP contribution in [0.2, 0.25) is 0 Å². The standard InChI is InChI=1S/C20H25N3O3/c1-3-16-14(2)12-21-19(22-16)23-10-9-20(18(25)26,17(24)13-23)11-15-7-5-4-6-8-15/h4-8,12,17,24H,3,9-11,13H2,1-2H3,(H,25,26)/t17-,20+/m0/s1. The van der Waals surface area contributed by atoms with E-state index >= 15 is 0 Å². The number of aryl methyl sites for hydroxylation is 2. The van der Waals surface area contributed by atoms with Crippen LogP contribution in [0.25, 0.3) is 0 Å². The van der Waals surface area contributed by atoms with Gasteiger partial charge in [-0.05, 0) is 37.3 Å². The van der Waals surface area contributed by atoms with Gasteiger partial charge >= 0.3 is 5.97 Å². The second-order valence-electron chi connectivity index (χ2n) is 6.99. The number of hydrogen-bond acceptors (Lipinski definition) is 5. The molecule has 0 saturated carbocycles. The zero-order chi connectivity index (χ0) is 18.7. The Kier molecular flexibility index (Phi) is 5.23. The molecule has 1 aliphatic heterocycles. The molecule has 2 heterocycles. The third-order valence-corrected chi connectivity index (χ3v) is 5.33. The fourth-order valence-electron chi connectivity index (χ4n) is 3.63. The van der Waals surface area contributed by atoms with Gasteiger partial charge in [0.2, 0.25) is 5.95 Å². The minimum absolute atomic E-state index is 0.214. The number of anilines is 1. The van der Waals surface area contributed by atoms with Crippen molar-refractivity contribution >= 4 is 11.9 Å². The molecule has 1 aliphatic rings. The van der Waals surface area contributed by atoms with E-state index < -0.39 is 17.5 Å². The fourth-order valence-corrected chi connectivity index (χ4v) is 3.63. The molecule has 6 nitrogen and oxygen atoms in total. The minimum Gasteiger partial charge on any atom is -0.481 e. The molecule has 0 bridgehead atoms. The molecule has 2 N–H and O–H groups in total. The summed E-state index contributed by atoms with van der Waals surface area (Å²) in [6, 6.07) is 9.48. The predicted octanol–water partition coefficient (Wildman–Crippen LogP) is 2.23. The Morgan fingerprint density at radius 2 is 2.08 bits per heavy atom. The number of piperidine rings is 1. The molecular formula is C20H25N3O3. The van der Waals surface area contributed by atoms with Crippen LogP contribution in [0.5, 0.6) is 0 Å². The molecule has 0 aliphatic carbocycles. The highest BCUT2D eigenvalue weighted by Gasteiger charge is 2.49. The molecule has 0 radical (unpaired) electrons. The predicted molar refractivity (Wildman–Crippen MR) is 99.2 cm³/mol. The van der Waals surface area contributed by atoms with Crippen LogP contribution < -0.4 is 4.90 Å². The number of β-amino-alcohol motifs (C(OH)–C–C–N with tert-alkyl or cyclic N) is 1. The van der Waals surface area contributed by atoms with Crippen LogP contribution in [0, 0.1) is 12.3 Å². The van der Waals surface area contributed by atoms with Gasteiger partial charge in [0.1, 0.15) is 5.41 Å². The van der Waals surface area contributed by atoms with Gasteiger partial charge in [0.25, 0.3) is 0 Å². The number of carboxylic acids is 1. The molecule has 26 heavy (non-hydrogen) atoms. The van der Waals surface area contributed by atoms with Crippen molar-refractivity contribution in [2.75, 3.05) is 18.0 Å². The minimum atomic E-state index is -1.18. The number of hydrogen-bond donors (Lipinski definition) is 2. The Balaban J connectivity index is 1.82. The maximum atomic E-state index is 12.1. The molecule has 0 spiro atoms. The van der Waals surface area contributed by atoms with Crippen molar-refractivity contribution in [1.82, 2.24) is 9.97 Å². The lowest BCUT2D eigenvalue weighted by Crippen LogP contribution is -2.56. The maximum Gasteiger partial charge on any atom is 0.312 e. The van der Waals surface area contributed by atoms with Gasteiger partial charge < -0.3 is 15.1 Å². The van der Waals surface area contributed by atoms with E-state index in [0.717, 1.165) is 23.2 Å². The number of aromatic nitrogens is 2. The van der Waals surface area contributed by atoms with Crippen molar-refractivity contribution in [3.05, 3.63) is 53.3 Å². The normalized spacial score (nSPS) is 23.0. The summed E-state index contributed by atoms with van der Waals surface area (Å²) in [5.41, 5.74) is 1.75. The average molecular weight is 355 g/mol. The lowest BCUT2D eigenvalue weighted by molar-refractivity contribution is -0.158. The second-order valence-corrected chi connectivity index (χ2v) is 6.99. The molecular weight excluding hydrogens is 330 g/mol. The highest BCUT2D eigenvalue weighted by atomic mass is 16.4. The van der Waals surface area contributed by atoms with E-state index in [2.05, 4.69) is 9.97 Å². The van der Waals surface area contributed by atoms with Gasteiger partial charge in [-0.3, -0.25) is 4.79 Å². The Morgan fingerprint density at radius 3 is 2.69 bits per heavy atom. The van der Waals surface area contributed by atoms with Gasteiger partial charge in [-0.1, -0.05) is 37.3 Å². The van der Waals surface area contributed by atoms with E-state index in [1.54, 1.807) is 6.20 Å². The van der Waals surface area contributed by atoms with Gasteiger partial charge in [0.15, 0.2) is 0 Å². The number of carboxylic acid groups (broad SMARTS) is 1. The molecule has 0 amide bonds. The first kappa shape index (κ1) is 18.3. The molecule has 3 rings (SSSR count). The molecule has 1 fully saturated rings. The Hall–Kier alpha value is -2.47. The maximum absolute atomic E-state index is 12.1. The first-order chi connectivity index (χ1) is 12.5. The lowest BCUT2D eigenvalue weighted by Gasteiger charge is -2.43. The number of carbonyl (C=O) groups is 1. The van der Waals surface area contributed by atoms with Crippen molar-refractivity contribution in [2.24, 2.45) is 5.41 Å². The van der Waals surface area contributed by atoms with E-state index in [0.29, 0.717) is 25.3 Å². The van der Waals surface area contributed by atoms with Crippen molar-refractivity contribution in [3.8, 4) is 0 Å². The average Bonchev–Trinajstić information content (AvgIpc) is 2.64. The van der Waals surface area contributed by atoms with E-state index in [-0.39, 0.29) is 6.54 Å². The zero-order valence-corrected chi connectivity index (χ0v) is 15.2. The van der Waals surface area contributed by atoms with Gasteiger partial charge in [0, 0.05) is 25.0 Å². The number of rotatable bonds is 5. The lowest BCUT2D eigenvalue weighted by atomic mass is 9.72. The molecule has 138 valence electrons. The first-order valence-corrected chi connectivity index (χ1v) is 8.99. The van der Waals surface area contributed by atoms with Crippen LogP contribution in [0.3, 0.4) is 0 Å². The van der Waals surface area contributed by atoms with Crippen LogP contribution in [-0.4, -0.2) is 45.3 Å². The molecule has 1 aromatic heterocycles. The van der Waals surface area contributed by atoms with E-state index in [1.165, 1.54) is 0 Å². The third kappa shape index (κ3) is 3.42. The highest BCUT2D eigenvalue weighted by Crippen LogP contribution is 2.37. The molecule has 2 aromatic rings.